The average Bonchev–Trinajstić information content (AvgIpc) is 2.40. The number of hydrogen-bond acceptors (Lipinski definition) is 4. The van der Waals surface area contributed by atoms with Gasteiger partial charge >= 0.3 is 6.03 Å². The summed E-state index contributed by atoms with van der Waals surface area (Å²) in [5.74, 6) is 1.03. The van der Waals surface area contributed by atoms with Crippen LogP contribution in [0.3, 0.4) is 0 Å². The lowest BCUT2D eigenvalue weighted by Crippen LogP contribution is -2.47. The zero-order valence-electron chi connectivity index (χ0n) is 13.6. The second kappa shape index (κ2) is 9.73. The van der Waals surface area contributed by atoms with Crippen molar-refractivity contribution < 1.29 is 9.59 Å². The number of urea groups is 1. The molecule has 0 radical (unpaired) electrons. The maximum atomic E-state index is 11.8. The van der Waals surface area contributed by atoms with Crippen molar-refractivity contribution in [1.82, 2.24) is 20.9 Å². The molecule has 0 aromatic carbocycles. The standard InChI is InChI=1S/C15H30N4O2/c1-12(2)4-7-17-15(21)18-14(20)11-19-8-5-13(6-9-19)10-16-3/h12-13,16H,4-11H2,1-3H3,(H2,17,18,20,21). The lowest BCUT2D eigenvalue weighted by molar-refractivity contribution is -0.121. The van der Waals surface area contributed by atoms with Gasteiger partial charge in [0, 0.05) is 6.54 Å². The van der Waals surface area contributed by atoms with Crippen LogP contribution in [0.25, 0.3) is 0 Å². The third-order valence-electron chi connectivity index (χ3n) is 3.83. The smallest absolute Gasteiger partial charge is 0.321 e. The van der Waals surface area contributed by atoms with Crippen LogP contribution in [0.2, 0.25) is 0 Å². The third-order valence-corrected chi connectivity index (χ3v) is 3.83. The first-order valence-electron chi connectivity index (χ1n) is 7.96. The lowest BCUT2D eigenvalue weighted by atomic mass is 9.97. The van der Waals surface area contributed by atoms with E-state index in [9.17, 15) is 9.59 Å². The molecule has 6 heteroatoms. The van der Waals surface area contributed by atoms with Crippen molar-refractivity contribution in [1.29, 1.82) is 0 Å². The van der Waals surface area contributed by atoms with Gasteiger partial charge in [-0.2, -0.15) is 0 Å². The summed E-state index contributed by atoms with van der Waals surface area (Å²) in [5, 5.41) is 8.30. The minimum absolute atomic E-state index is 0.218. The van der Waals surface area contributed by atoms with E-state index in [1.807, 2.05) is 7.05 Å². The number of nitrogens with zero attached hydrogens (tertiary/aromatic N) is 1. The van der Waals surface area contributed by atoms with Gasteiger partial charge in [-0.25, -0.2) is 4.79 Å². The van der Waals surface area contributed by atoms with E-state index in [0.717, 1.165) is 38.9 Å². The van der Waals surface area contributed by atoms with E-state index in [4.69, 9.17) is 0 Å². The van der Waals surface area contributed by atoms with Crippen LogP contribution < -0.4 is 16.0 Å². The normalized spacial score (nSPS) is 17.0. The topological polar surface area (TPSA) is 73.5 Å². The molecule has 0 aromatic rings. The Hall–Kier alpha value is -1.14. The molecule has 6 nitrogen and oxygen atoms in total. The Balaban J connectivity index is 2.15. The Kier molecular flexibility index (Phi) is 8.30. The van der Waals surface area contributed by atoms with Crippen molar-refractivity contribution >= 4 is 11.9 Å². The van der Waals surface area contributed by atoms with E-state index < -0.39 is 0 Å². The molecule has 1 heterocycles. The summed E-state index contributed by atoms with van der Waals surface area (Å²) < 4.78 is 0. The van der Waals surface area contributed by atoms with Crippen LogP contribution in [0.15, 0.2) is 0 Å². The zero-order chi connectivity index (χ0) is 15.7. The molecule has 1 aliphatic rings. The molecule has 0 bridgehead atoms. The summed E-state index contributed by atoms with van der Waals surface area (Å²) in [7, 11) is 1.97. The number of nitrogens with one attached hydrogen (secondary N) is 3. The highest BCUT2D eigenvalue weighted by atomic mass is 16.2. The number of rotatable bonds is 7. The van der Waals surface area contributed by atoms with E-state index in [1.54, 1.807) is 0 Å². The molecule has 1 rings (SSSR count). The quantitative estimate of drug-likeness (QED) is 0.650. The number of amides is 3. The Morgan fingerprint density at radius 3 is 2.48 bits per heavy atom. The molecular weight excluding hydrogens is 268 g/mol. The number of hydrogen-bond donors (Lipinski definition) is 3. The van der Waals surface area contributed by atoms with Gasteiger partial charge in [-0.1, -0.05) is 13.8 Å². The van der Waals surface area contributed by atoms with Crippen molar-refractivity contribution in [3.8, 4) is 0 Å². The summed E-state index contributed by atoms with van der Waals surface area (Å²) >= 11 is 0. The van der Waals surface area contributed by atoms with Crippen molar-refractivity contribution in [2.24, 2.45) is 11.8 Å². The van der Waals surface area contributed by atoms with Crippen LogP contribution >= 0.6 is 0 Å². The highest BCUT2D eigenvalue weighted by Gasteiger charge is 2.20. The molecule has 1 saturated heterocycles. The lowest BCUT2D eigenvalue weighted by Gasteiger charge is -2.31. The van der Waals surface area contributed by atoms with Crippen LogP contribution in [0, 0.1) is 11.8 Å². The Bertz CT molecular complexity index is 326. The fourth-order valence-electron chi connectivity index (χ4n) is 2.53. The van der Waals surface area contributed by atoms with Gasteiger partial charge in [-0.3, -0.25) is 15.0 Å². The predicted molar refractivity (Wildman–Crippen MR) is 84.1 cm³/mol. The predicted octanol–water partition coefficient (Wildman–Crippen LogP) is 0.790. The molecule has 0 aromatic heterocycles. The van der Waals surface area contributed by atoms with E-state index >= 15 is 0 Å². The van der Waals surface area contributed by atoms with E-state index in [-0.39, 0.29) is 11.9 Å². The molecule has 1 fully saturated rings. The molecule has 0 saturated carbocycles. The van der Waals surface area contributed by atoms with E-state index in [2.05, 4.69) is 34.7 Å². The minimum Gasteiger partial charge on any atom is -0.338 e. The number of carbonyl (C=O) groups excluding carboxylic acids is 2. The van der Waals surface area contributed by atoms with Gasteiger partial charge in [-0.15, -0.1) is 0 Å². The average molecular weight is 298 g/mol. The summed E-state index contributed by atoms with van der Waals surface area (Å²) in [6.07, 6.45) is 3.13. The van der Waals surface area contributed by atoms with Gasteiger partial charge in [0.25, 0.3) is 0 Å². The molecule has 1 aliphatic heterocycles. The largest absolute Gasteiger partial charge is 0.338 e. The third kappa shape index (κ3) is 8.02. The van der Waals surface area contributed by atoms with Crippen LogP contribution in [0.1, 0.15) is 33.1 Å². The molecule has 0 spiro atoms. The summed E-state index contributed by atoms with van der Waals surface area (Å²) in [6, 6.07) is -0.384. The minimum atomic E-state index is -0.384. The summed E-state index contributed by atoms with van der Waals surface area (Å²) in [4.78, 5) is 25.5. The second-order valence-corrected chi connectivity index (χ2v) is 6.26. The summed E-state index contributed by atoms with van der Waals surface area (Å²) in [5.41, 5.74) is 0. The SMILES string of the molecule is CNCC1CCN(CC(=O)NC(=O)NCCC(C)C)CC1. The van der Waals surface area contributed by atoms with Crippen molar-refractivity contribution in [3.05, 3.63) is 0 Å². The number of likely N-dealkylation sites (tertiary alicyclic amines) is 1. The number of imide groups is 1. The maximum Gasteiger partial charge on any atom is 0.321 e. The van der Waals surface area contributed by atoms with Crippen molar-refractivity contribution in [2.45, 2.75) is 33.1 Å². The first kappa shape index (κ1) is 17.9. The fraction of sp³-hybridized carbons (Fsp3) is 0.867. The van der Waals surface area contributed by atoms with Crippen LogP contribution in [-0.4, -0.2) is 56.6 Å². The van der Waals surface area contributed by atoms with Crippen molar-refractivity contribution in [2.75, 3.05) is 39.8 Å². The highest BCUT2D eigenvalue weighted by molar-refractivity contribution is 5.95. The van der Waals surface area contributed by atoms with Crippen LogP contribution in [0.5, 0.6) is 0 Å². The van der Waals surface area contributed by atoms with Gasteiger partial charge in [0.2, 0.25) is 5.91 Å². The van der Waals surface area contributed by atoms with Gasteiger partial charge in [0.05, 0.1) is 6.54 Å². The van der Waals surface area contributed by atoms with Crippen LogP contribution in [0.4, 0.5) is 4.79 Å². The summed E-state index contributed by atoms with van der Waals surface area (Å²) in [6.45, 7) is 8.00. The zero-order valence-corrected chi connectivity index (χ0v) is 13.6. The molecule has 21 heavy (non-hydrogen) atoms. The molecule has 122 valence electrons. The number of carbonyl (C=O) groups is 2. The monoisotopic (exact) mass is 298 g/mol. The molecule has 3 N–H and O–H groups in total. The molecule has 0 aliphatic carbocycles. The Morgan fingerprint density at radius 2 is 1.90 bits per heavy atom. The fourth-order valence-corrected chi connectivity index (χ4v) is 2.53. The number of piperidine rings is 1. The van der Waals surface area contributed by atoms with Gasteiger partial charge in [0.1, 0.15) is 0 Å². The Labute approximate surface area is 128 Å². The van der Waals surface area contributed by atoms with E-state index in [0.29, 0.717) is 24.9 Å². The van der Waals surface area contributed by atoms with Crippen LogP contribution in [-0.2, 0) is 4.79 Å². The van der Waals surface area contributed by atoms with Gasteiger partial charge in [0.15, 0.2) is 0 Å². The maximum absolute atomic E-state index is 11.8. The molecular formula is C15H30N4O2. The molecule has 3 amide bonds. The second-order valence-electron chi connectivity index (χ2n) is 6.26. The van der Waals surface area contributed by atoms with Gasteiger partial charge < -0.3 is 10.6 Å². The molecule has 0 unspecified atom stereocenters. The molecule has 0 atom stereocenters. The van der Waals surface area contributed by atoms with Crippen molar-refractivity contribution in [3.63, 3.8) is 0 Å². The van der Waals surface area contributed by atoms with Gasteiger partial charge in [-0.05, 0) is 57.8 Å². The van der Waals surface area contributed by atoms with E-state index in [1.165, 1.54) is 0 Å². The first-order chi connectivity index (χ1) is 10.0. The Morgan fingerprint density at radius 1 is 1.24 bits per heavy atom. The highest BCUT2D eigenvalue weighted by Crippen LogP contribution is 2.15. The first-order valence-corrected chi connectivity index (χ1v) is 7.96.